The van der Waals surface area contributed by atoms with Gasteiger partial charge in [-0.05, 0) is 18.2 Å². The summed E-state index contributed by atoms with van der Waals surface area (Å²) in [5, 5.41) is 10.8. The molecule has 5 N–H and O–H groups in total. The maximum atomic E-state index is 10.9. The van der Waals surface area contributed by atoms with Gasteiger partial charge >= 0.3 is 5.97 Å². The normalized spacial score (nSPS) is 11.1. The molecular formula is C8H10N2O5S. The van der Waals surface area contributed by atoms with Crippen LogP contribution < -0.4 is 11.1 Å². The second-order valence-corrected chi connectivity index (χ2v) is 4.37. The fourth-order valence-corrected chi connectivity index (χ4v) is 1.73. The minimum Gasteiger partial charge on any atom is -0.480 e. The first-order valence-electron chi connectivity index (χ1n) is 4.13. The monoisotopic (exact) mass is 246 g/mol. The third-order valence-corrected chi connectivity index (χ3v) is 2.62. The molecule has 0 amide bonds. The van der Waals surface area contributed by atoms with Gasteiger partial charge in [-0.1, -0.05) is 0 Å². The quantitative estimate of drug-likeness (QED) is 0.435. The summed E-state index contributed by atoms with van der Waals surface area (Å²) in [4.78, 5) is 9.90. The van der Waals surface area contributed by atoms with Crippen LogP contribution in [-0.4, -0.2) is 30.6 Å². The van der Waals surface area contributed by atoms with E-state index in [9.17, 15) is 13.2 Å². The van der Waals surface area contributed by atoms with Gasteiger partial charge in [-0.2, -0.15) is 8.42 Å². The lowest BCUT2D eigenvalue weighted by molar-refractivity contribution is -0.134. The number of aliphatic carboxylic acids is 1. The van der Waals surface area contributed by atoms with Gasteiger partial charge in [-0.15, -0.1) is 0 Å². The van der Waals surface area contributed by atoms with E-state index in [-0.39, 0.29) is 11.4 Å². The molecule has 0 bridgehead atoms. The molecule has 0 unspecified atom stereocenters. The van der Waals surface area contributed by atoms with Gasteiger partial charge < -0.3 is 16.2 Å². The molecule has 0 saturated heterocycles. The number of carboxylic acid groups (broad SMARTS) is 1. The Kier molecular flexibility index (Phi) is 3.35. The Morgan fingerprint density at radius 3 is 2.56 bits per heavy atom. The summed E-state index contributed by atoms with van der Waals surface area (Å²) in [6.07, 6.45) is 0. The summed E-state index contributed by atoms with van der Waals surface area (Å²) in [6.45, 7) is -0.480. The highest BCUT2D eigenvalue weighted by Crippen LogP contribution is 2.23. The van der Waals surface area contributed by atoms with Crippen LogP contribution in [0.2, 0.25) is 0 Å². The van der Waals surface area contributed by atoms with Crippen molar-refractivity contribution in [2.24, 2.45) is 0 Å². The van der Waals surface area contributed by atoms with Gasteiger partial charge in [-0.25, -0.2) is 0 Å². The predicted molar refractivity (Wildman–Crippen MR) is 56.8 cm³/mol. The van der Waals surface area contributed by atoms with Gasteiger partial charge in [0.2, 0.25) is 0 Å². The zero-order chi connectivity index (χ0) is 12.3. The number of hydrogen-bond acceptors (Lipinski definition) is 5. The first-order valence-corrected chi connectivity index (χ1v) is 5.57. The highest BCUT2D eigenvalue weighted by atomic mass is 32.2. The van der Waals surface area contributed by atoms with Crippen LogP contribution in [0.4, 0.5) is 11.4 Å². The maximum absolute atomic E-state index is 10.9. The van der Waals surface area contributed by atoms with E-state index in [1.54, 1.807) is 0 Å². The highest BCUT2D eigenvalue weighted by molar-refractivity contribution is 7.86. The summed E-state index contributed by atoms with van der Waals surface area (Å²) in [7, 11) is -4.41. The van der Waals surface area contributed by atoms with Crippen LogP contribution in [0.1, 0.15) is 0 Å². The molecule has 16 heavy (non-hydrogen) atoms. The first kappa shape index (κ1) is 12.3. The van der Waals surface area contributed by atoms with Crippen molar-refractivity contribution >= 4 is 27.5 Å². The fourth-order valence-electron chi connectivity index (χ4n) is 1.08. The van der Waals surface area contributed by atoms with E-state index < -0.39 is 27.5 Å². The van der Waals surface area contributed by atoms with E-state index in [0.29, 0.717) is 0 Å². The van der Waals surface area contributed by atoms with Gasteiger partial charge in [0.05, 0.1) is 5.69 Å². The second-order valence-electron chi connectivity index (χ2n) is 2.98. The average molecular weight is 246 g/mol. The van der Waals surface area contributed by atoms with E-state index in [1.807, 2.05) is 0 Å². The fraction of sp³-hybridized carbons (Fsp3) is 0.125. The van der Waals surface area contributed by atoms with Crippen molar-refractivity contribution in [3.63, 3.8) is 0 Å². The molecule has 0 aliphatic heterocycles. The number of carboxylic acids is 1. The van der Waals surface area contributed by atoms with Crippen molar-refractivity contribution in [3.05, 3.63) is 18.2 Å². The average Bonchev–Trinajstić information content (AvgIpc) is 2.12. The number of nitrogen functional groups attached to an aromatic ring is 1. The minimum absolute atomic E-state index is 0.0510. The van der Waals surface area contributed by atoms with Crippen molar-refractivity contribution in [1.29, 1.82) is 0 Å². The second kappa shape index (κ2) is 4.37. The third-order valence-electron chi connectivity index (χ3n) is 1.71. The highest BCUT2D eigenvalue weighted by Gasteiger charge is 2.15. The Bertz CT molecular complexity index is 511. The number of benzene rings is 1. The number of hydrogen-bond donors (Lipinski definition) is 4. The Balaban J connectivity index is 3.14. The van der Waals surface area contributed by atoms with E-state index in [0.717, 1.165) is 6.07 Å². The first-order chi connectivity index (χ1) is 7.30. The lowest BCUT2D eigenvalue weighted by Gasteiger charge is -2.08. The molecule has 1 aromatic rings. The Labute approximate surface area is 91.6 Å². The maximum Gasteiger partial charge on any atom is 0.322 e. The molecule has 0 heterocycles. The van der Waals surface area contributed by atoms with Crippen molar-refractivity contribution < 1.29 is 22.9 Å². The molecule has 0 fully saturated rings. The van der Waals surface area contributed by atoms with E-state index >= 15 is 0 Å². The number of rotatable bonds is 4. The molecule has 0 aliphatic rings. The Hall–Kier alpha value is -1.80. The molecule has 1 rings (SSSR count). The molecule has 0 aliphatic carbocycles. The van der Waals surface area contributed by atoms with Crippen molar-refractivity contribution in [2.45, 2.75) is 4.90 Å². The Morgan fingerprint density at radius 1 is 1.44 bits per heavy atom. The van der Waals surface area contributed by atoms with Crippen molar-refractivity contribution in [1.82, 2.24) is 0 Å². The molecule has 0 atom stereocenters. The summed E-state index contributed by atoms with van der Waals surface area (Å²) in [6, 6.07) is 3.61. The number of carbonyl (C=O) groups is 1. The predicted octanol–water partition coefficient (Wildman–Crippen LogP) is 0.0120. The lowest BCUT2D eigenvalue weighted by atomic mass is 10.3. The summed E-state index contributed by atoms with van der Waals surface area (Å²) >= 11 is 0. The third kappa shape index (κ3) is 3.11. The molecule has 0 saturated carbocycles. The summed E-state index contributed by atoms with van der Waals surface area (Å²) in [5.74, 6) is -1.16. The topological polar surface area (TPSA) is 130 Å². The standard InChI is InChI=1S/C8H10N2O5S/c9-5-1-2-7(16(13,14)15)6(3-5)10-4-8(11)12/h1-3,10H,4,9H2,(H,11,12)(H,13,14,15). The molecule has 0 aromatic heterocycles. The van der Waals surface area contributed by atoms with E-state index in [1.165, 1.54) is 12.1 Å². The van der Waals surface area contributed by atoms with Crippen LogP contribution in [0.25, 0.3) is 0 Å². The van der Waals surface area contributed by atoms with Gasteiger partial charge in [0.1, 0.15) is 11.4 Å². The SMILES string of the molecule is Nc1ccc(S(=O)(=O)O)c(NCC(=O)O)c1. The van der Waals surface area contributed by atoms with Crippen LogP contribution >= 0.6 is 0 Å². The van der Waals surface area contributed by atoms with Crippen LogP contribution in [0.3, 0.4) is 0 Å². The molecule has 7 nitrogen and oxygen atoms in total. The molecule has 1 aromatic carbocycles. The minimum atomic E-state index is -4.41. The summed E-state index contributed by atoms with van der Waals surface area (Å²) in [5.41, 5.74) is 5.61. The van der Waals surface area contributed by atoms with Gasteiger partial charge in [-0.3, -0.25) is 9.35 Å². The van der Waals surface area contributed by atoms with Crippen molar-refractivity contribution in [3.8, 4) is 0 Å². The largest absolute Gasteiger partial charge is 0.480 e. The van der Waals surface area contributed by atoms with Crippen molar-refractivity contribution in [2.75, 3.05) is 17.6 Å². The molecule has 0 radical (unpaired) electrons. The smallest absolute Gasteiger partial charge is 0.322 e. The zero-order valence-electron chi connectivity index (χ0n) is 8.04. The Morgan fingerprint density at radius 2 is 2.06 bits per heavy atom. The van der Waals surface area contributed by atoms with Gasteiger partial charge in [0.15, 0.2) is 0 Å². The summed E-state index contributed by atoms with van der Waals surface area (Å²) < 4.78 is 30.7. The van der Waals surface area contributed by atoms with Crippen LogP contribution in [0.5, 0.6) is 0 Å². The lowest BCUT2D eigenvalue weighted by Crippen LogP contribution is -2.15. The van der Waals surface area contributed by atoms with E-state index in [4.69, 9.17) is 15.4 Å². The van der Waals surface area contributed by atoms with Crippen LogP contribution in [0.15, 0.2) is 23.1 Å². The van der Waals surface area contributed by atoms with Crippen LogP contribution in [0, 0.1) is 0 Å². The number of nitrogens with two attached hydrogens (primary N) is 1. The molecular weight excluding hydrogens is 236 g/mol. The number of nitrogens with one attached hydrogen (secondary N) is 1. The molecule has 0 spiro atoms. The molecule has 8 heteroatoms. The number of anilines is 2. The van der Waals surface area contributed by atoms with Gasteiger partial charge in [0.25, 0.3) is 10.1 Å². The van der Waals surface area contributed by atoms with Crippen LogP contribution in [-0.2, 0) is 14.9 Å². The zero-order valence-corrected chi connectivity index (χ0v) is 8.86. The van der Waals surface area contributed by atoms with Gasteiger partial charge in [0, 0.05) is 5.69 Å². The molecule has 88 valence electrons. The van der Waals surface area contributed by atoms with E-state index in [2.05, 4.69) is 5.32 Å².